The molecule has 18 heavy (non-hydrogen) atoms. The van der Waals surface area contributed by atoms with Gasteiger partial charge in [-0.3, -0.25) is 4.79 Å². The van der Waals surface area contributed by atoms with Crippen LogP contribution in [0.3, 0.4) is 0 Å². The Balaban J connectivity index is 2.02. The van der Waals surface area contributed by atoms with Crippen molar-refractivity contribution in [3.8, 4) is 0 Å². The smallest absolute Gasteiger partial charge is 0.302 e. The van der Waals surface area contributed by atoms with Crippen molar-refractivity contribution in [2.45, 2.75) is 33.3 Å². The van der Waals surface area contributed by atoms with Gasteiger partial charge >= 0.3 is 5.97 Å². The summed E-state index contributed by atoms with van der Waals surface area (Å²) in [4.78, 5) is 10.6. The number of rotatable bonds is 8. The Kier molecular flexibility index (Phi) is 7.11. The second-order valence-electron chi connectivity index (χ2n) is 4.56. The van der Waals surface area contributed by atoms with Crippen molar-refractivity contribution in [1.82, 2.24) is 0 Å². The van der Waals surface area contributed by atoms with Gasteiger partial charge in [-0.25, -0.2) is 0 Å². The minimum absolute atomic E-state index is 0.206. The summed E-state index contributed by atoms with van der Waals surface area (Å²) < 4.78 is 10.5. The highest BCUT2D eigenvalue weighted by molar-refractivity contribution is 5.65. The molecule has 0 radical (unpaired) electrons. The van der Waals surface area contributed by atoms with Gasteiger partial charge in [0.05, 0.1) is 13.2 Å². The van der Waals surface area contributed by atoms with Gasteiger partial charge in [0, 0.05) is 13.5 Å². The molecule has 3 nitrogen and oxygen atoms in total. The first-order valence-electron chi connectivity index (χ1n) is 6.43. The van der Waals surface area contributed by atoms with Gasteiger partial charge in [-0.15, -0.1) is 0 Å². The van der Waals surface area contributed by atoms with Crippen molar-refractivity contribution in [2.75, 3.05) is 13.2 Å². The summed E-state index contributed by atoms with van der Waals surface area (Å²) in [5.41, 5.74) is 1.20. The van der Waals surface area contributed by atoms with E-state index in [0.29, 0.717) is 19.1 Å². The van der Waals surface area contributed by atoms with E-state index in [4.69, 9.17) is 9.47 Å². The first kappa shape index (κ1) is 14.7. The molecular formula is C15H22O3. The molecule has 0 aromatic heterocycles. The molecule has 0 amide bonds. The van der Waals surface area contributed by atoms with Crippen LogP contribution in [0.4, 0.5) is 0 Å². The maximum absolute atomic E-state index is 10.6. The first-order valence-corrected chi connectivity index (χ1v) is 6.43. The van der Waals surface area contributed by atoms with E-state index < -0.39 is 0 Å². The summed E-state index contributed by atoms with van der Waals surface area (Å²) in [6.07, 6.45) is 1.89. The van der Waals surface area contributed by atoms with E-state index in [1.807, 2.05) is 18.2 Å². The second kappa shape index (κ2) is 8.70. The van der Waals surface area contributed by atoms with E-state index >= 15 is 0 Å². The zero-order chi connectivity index (χ0) is 13.2. The summed E-state index contributed by atoms with van der Waals surface area (Å²) in [6.45, 7) is 5.51. The second-order valence-corrected chi connectivity index (χ2v) is 4.56. The van der Waals surface area contributed by atoms with Gasteiger partial charge < -0.3 is 9.47 Å². The molecule has 0 aliphatic carbocycles. The molecule has 1 atom stereocenters. The van der Waals surface area contributed by atoms with Crippen LogP contribution in [-0.2, 0) is 20.9 Å². The number of ether oxygens (including phenoxy) is 2. The zero-order valence-corrected chi connectivity index (χ0v) is 11.2. The van der Waals surface area contributed by atoms with Crippen molar-refractivity contribution in [3.63, 3.8) is 0 Å². The summed E-state index contributed by atoms with van der Waals surface area (Å²) in [6, 6.07) is 10.1. The van der Waals surface area contributed by atoms with E-state index in [1.165, 1.54) is 12.5 Å². The average Bonchev–Trinajstić information content (AvgIpc) is 2.35. The molecule has 0 aliphatic heterocycles. The molecule has 1 rings (SSSR count). The quantitative estimate of drug-likeness (QED) is 0.525. The predicted octanol–water partition coefficient (Wildman–Crippen LogP) is 3.18. The van der Waals surface area contributed by atoms with Gasteiger partial charge in [0.2, 0.25) is 0 Å². The van der Waals surface area contributed by atoms with Crippen molar-refractivity contribution < 1.29 is 14.3 Å². The maximum atomic E-state index is 10.6. The number of benzene rings is 1. The Bertz CT molecular complexity index is 335. The van der Waals surface area contributed by atoms with Crippen molar-refractivity contribution in [1.29, 1.82) is 0 Å². The summed E-state index contributed by atoms with van der Waals surface area (Å²) in [5, 5.41) is 0. The minimum atomic E-state index is -0.206. The average molecular weight is 250 g/mol. The summed E-state index contributed by atoms with van der Waals surface area (Å²) in [7, 11) is 0. The van der Waals surface area contributed by atoms with Crippen molar-refractivity contribution in [3.05, 3.63) is 35.9 Å². The van der Waals surface area contributed by atoms with Crippen LogP contribution < -0.4 is 0 Å². The summed E-state index contributed by atoms with van der Waals surface area (Å²) in [5.74, 6) is 0.308. The Morgan fingerprint density at radius 3 is 2.50 bits per heavy atom. The molecule has 3 heteroatoms. The molecule has 0 saturated carbocycles. The summed E-state index contributed by atoms with van der Waals surface area (Å²) >= 11 is 0. The Morgan fingerprint density at radius 2 is 1.83 bits per heavy atom. The van der Waals surface area contributed by atoms with Gasteiger partial charge in [0.15, 0.2) is 0 Å². The predicted molar refractivity (Wildman–Crippen MR) is 71.1 cm³/mol. The third-order valence-corrected chi connectivity index (χ3v) is 2.78. The van der Waals surface area contributed by atoms with E-state index in [-0.39, 0.29) is 5.97 Å². The van der Waals surface area contributed by atoms with E-state index in [1.54, 1.807) is 0 Å². The molecule has 0 bridgehead atoms. The van der Waals surface area contributed by atoms with E-state index in [2.05, 4.69) is 19.1 Å². The fraction of sp³-hybridized carbons (Fsp3) is 0.533. The number of hydrogen-bond acceptors (Lipinski definition) is 3. The lowest BCUT2D eigenvalue weighted by molar-refractivity contribution is -0.141. The Morgan fingerprint density at radius 1 is 1.17 bits per heavy atom. The lowest BCUT2D eigenvalue weighted by Gasteiger charge is -2.11. The highest BCUT2D eigenvalue weighted by Crippen LogP contribution is 2.09. The van der Waals surface area contributed by atoms with Crippen LogP contribution in [0.1, 0.15) is 32.3 Å². The zero-order valence-electron chi connectivity index (χ0n) is 11.2. The Labute approximate surface area is 109 Å². The van der Waals surface area contributed by atoms with Crippen LogP contribution in [0.5, 0.6) is 0 Å². The first-order chi connectivity index (χ1) is 8.68. The normalized spacial score (nSPS) is 12.1. The molecule has 0 spiro atoms. The van der Waals surface area contributed by atoms with Gasteiger partial charge in [0.1, 0.15) is 0 Å². The van der Waals surface area contributed by atoms with Crippen LogP contribution in [0.25, 0.3) is 0 Å². The minimum Gasteiger partial charge on any atom is -0.466 e. The molecule has 0 saturated heterocycles. The number of carbonyl (C=O) groups excluding carboxylic acids is 1. The highest BCUT2D eigenvalue weighted by atomic mass is 16.5. The molecule has 1 aromatic carbocycles. The topological polar surface area (TPSA) is 35.5 Å². The van der Waals surface area contributed by atoms with E-state index in [0.717, 1.165) is 19.4 Å². The lowest BCUT2D eigenvalue weighted by atomic mass is 10.1. The molecule has 0 N–H and O–H groups in total. The number of hydrogen-bond donors (Lipinski definition) is 0. The van der Waals surface area contributed by atoms with Crippen molar-refractivity contribution >= 4 is 5.97 Å². The molecule has 0 aliphatic rings. The molecule has 1 unspecified atom stereocenters. The van der Waals surface area contributed by atoms with Gasteiger partial charge in [-0.05, 0) is 24.3 Å². The van der Waals surface area contributed by atoms with Crippen LogP contribution >= 0.6 is 0 Å². The lowest BCUT2D eigenvalue weighted by Crippen LogP contribution is -2.07. The van der Waals surface area contributed by atoms with Crippen LogP contribution in [0.15, 0.2) is 30.3 Å². The van der Waals surface area contributed by atoms with Crippen LogP contribution in [0.2, 0.25) is 0 Å². The third kappa shape index (κ3) is 7.07. The largest absolute Gasteiger partial charge is 0.466 e. The SMILES string of the molecule is CC(=O)OCCC(C)CCOCc1ccccc1. The molecule has 100 valence electrons. The number of esters is 1. The monoisotopic (exact) mass is 250 g/mol. The molecule has 1 aromatic rings. The fourth-order valence-electron chi connectivity index (χ4n) is 1.60. The van der Waals surface area contributed by atoms with E-state index in [9.17, 15) is 4.79 Å². The Hall–Kier alpha value is -1.35. The van der Waals surface area contributed by atoms with Gasteiger partial charge in [-0.1, -0.05) is 37.3 Å². The number of carbonyl (C=O) groups is 1. The van der Waals surface area contributed by atoms with Crippen LogP contribution in [0, 0.1) is 5.92 Å². The molecule has 0 fully saturated rings. The molecule has 0 heterocycles. The van der Waals surface area contributed by atoms with Crippen molar-refractivity contribution in [2.24, 2.45) is 5.92 Å². The highest BCUT2D eigenvalue weighted by Gasteiger charge is 2.03. The molecular weight excluding hydrogens is 228 g/mol. The maximum Gasteiger partial charge on any atom is 0.302 e. The van der Waals surface area contributed by atoms with Gasteiger partial charge in [0.25, 0.3) is 0 Å². The fourth-order valence-corrected chi connectivity index (χ4v) is 1.60. The van der Waals surface area contributed by atoms with Gasteiger partial charge in [-0.2, -0.15) is 0 Å². The standard InChI is InChI=1S/C15H22O3/c1-13(9-11-18-14(2)16)8-10-17-12-15-6-4-3-5-7-15/h3-7,13H,8-12H2,1-2H3. The third-order valence-electron chi connectivity index (χ3n) is 2.78. The van der Waals surface area contributed by atoms with Crippen LogP contribution in [-0.4, -0.2) is 19.2 Å².